The smallest absolute Gasteiger partial charge is 0.243 e. The molecule has 2 aliphatic rings. The highest BCUT2D eigenvalue weighted by atomic mass is 32.2. The van der Waals surface area contributed by atoms with Crippen LogP contribution in [0.1, 0.15) is 18.9 Å². The molecule has 1 aromatic rings. The number of fused-ring (bicyclic) bond motifs is 1. The molecule has 1 N–H and O–H groups in total. The molecule has 1 saturated heterocycles. The topological polar surface area (TPSA) is 101 Å². The molecule has 2 aliphatic heterocycles. The van der Waals surface area contributed by atoms with Crippen molar-refractivity contribution < 1.29 is 21.6 Å². The molecule has 2 heterocycles. The summed E-state index contributed by atoms with van der Waals surface area (Å²) in [5, 5.41) is 2.66. The van der Waals surface area contributed by atoms with E-state index >= 15 is 0 Å². The number of sulfone groups is 1. The summed E-state index contributed by atoms with van der Waals surface area (Å²) in [6.45, 7) is 1.90. The zero-order chi connectivity index (χ0) is 16.8. The highest BCUT2D eigenvalue weighted by Crippen LogP contribution is 2.29. The molecule has 0 aliphatic carbocycles. The summed E-state index contributed by atoms with van der Waals surface area (Å²) >= 11 is 0. The van der Waals surface area contributed by atoms with E-state index in [-0.39, 0.29) is 35.3 Å². The molecule has 1 amide bonds. The van der Waals surface area contributed by atoms with Crippen LogP contribution in [0.2, 0.25) is 0 Å². The standard InChI is InChI=1S/C14H18N2O5S2/c1-2-16(11-5-6-22(18,19)9-11)23(20,21)12-3-4-13-10(7-12)8-14(17)15-13/h3-4,7,11H,2,5-6,8-9H2,1H3,(H,15,17). The van der Waals surface area contributed by atoms with Crippen molar-refractivity contribution in [1.29, 1.82) is 0 Å². The Morgan fingerprint density at radius 1 is 1.35 bits per heavy atom. The van der Waals surface area contributed by atoms with Gasteiger partial charge in [0, 0.05) is 18.3 Å². The summed E-state index contributed by atoms with van der Waals surface area (Å²) in [6.07, 6.45) is 0.475. The average Bonchev–Trinajstić information content (AvgIpc) is 2.99. The van der Waals surface area contributed by atoms with Crippen LogP contribution in [-0.2, 0) is 31.1 Å². The van der Waals surface area contributed by atoms with Gasteiger partial charge in [-0.2, -0.15) is 4.31 Å². The Hall–Kier alpha value is -1.45. The number of sulfonamides is 1. The molecular weight excluding hydrogens is 340 g/mol. The van der Waals surface area contributed by atoms with Gasteiger partial charge in [-0.15, -0.1) is 0 Å². The summed E-state index contributed by atoms with van der Waals surface area (Å²) in [5.41, 5.74) is 1.27. The number of amides is 1. The van der Waals surface area contributed by atoms with Gasteiger partial charge in [-0.3, -0.25) is 4.79 Å². The van der Waals surface area contributed by atoms with Crippen LogP contribution in [0.4, 0.5) is 5.69 Å². The second kappa shape index (κ2) is 5.57. The Balaban J connectivity index is 1.94. The fourth-order valence-electron chi connectivity index (χ4n) is 3.13. The number of anilines is 1. The van der Waals surface area contributed by atoms with Crippen molar-refractivity contribution in [3.63, 3.8) is 0 Å². The van der Waals surface area contributed by atoms with Gasteiger partial charge in [0.05, 0.1) is 22.8 Å². The monoisotopic (exact) mass is 358 g/mol. The number of carbonyl (C=O) groups is 1. The van der Waals surface area contributed by atoms with Crippen molar-refractivity contribution in [2.75, 3.05) is 23.4 Å². The third kappa shape index (κ3) is 3.00. The first-order valence-corrected chi connectivity index (χ1v) is 10.6. The van der Waals surface area contributed by atoms with Gasteiger partial charge in [-0.1, -0.05) is 6.92 Å². The SMILES string of the molecule is CCN(C1CCS(=O)(=O)C1)S(=O)(=O)c1ccc2c(c1)CC(=O)N2. The van der Waals surface area contributed by atoms with Crippen molar-refractivity contribution in [2.24, 2.45) is 0 Å². The molecule has 1 atom stereocenters. The first kappa shape index (κ1) is 16.4. The fraction of sp³-hybridized carbons (Fsp3) is 0.500. The molecule has 0 saturated carbocycles. The van der Waals surface area contributed by atoms with Gasteiger partial charge in [0.15, 0.2) is 9.84 Å². The molecule has 0 aromatic heterocycles. The van der Waals surface area contributed by atoms with E-state index in [9.17, 15) is 21.6 Å². The minimum Gasteiger partial charge on any atom is -0.326 e. The third-order valence-corrected chi connectivity index (χ3v) is 8.01. The Morgan fingerprint density at radius 2 is 2.09 bits per heavy atom. The molecule has 126 valence electrons. The van der Waals surface area contributed by atoms with E-state index in [1.807, 2.05) is 0 Å². The Bertz CT molecular complexity index is 861. The van der Waals surface area contributed by atoms with Crippen LogP contribution in [0.3, 0.4) is 0 Å². The average molecular weight is 358 g/mol. The molecule has 7 nitrogen and oxygen atoms in total. The van der Waals surface area contributed by atoms with Gasteiger partial charge in [0.25, 0.3) is 0 Å². The Morgan fingerprint density at radius 3 is 2.70 bits per heavy atom. The van der Waals surface area contributed by atoms with Gasteiger partial charge in [-0.25, -0.2) is 16.8 Å². The summed E-state index contributed by atoms with van der Waals surface area (Å²) in [5.74, 6) is -0.277. The number of carbonyl (C=O) groups excluding carboxylic acids is 1. The second-order valence-electron chi connectivity index (χ2n) is 5.81. The Kier molecular flexibility index (Phi) is 3.97. The molecule has 23 heavy (non-hydrogen) atoms. The third-order valence-electron chi connectivity index (χ3n) is 4.24. The zero-order valence-electron chi connectivity index (χ0n) is 12.6. The van der Waals surface area contributed by atoms with E-state index in [0.717, 1.165) is 0 Å². The van der Waals surface area contributed by atoms with Gasteiger partial charge in [0.2, 0.25) is 15.9 Å². The van der Waals surface area contributed by atoms with Gasteiger partial charge >= 0.3 is 0 Å². The lowest BCUT2D eigenvalue weighted by Gasteiger charge is -2.26. The lowest BCUT2D eigenvalue weighted by Crippen LogP contribution is -2.40. The van der Waals surface area contributed by atoms with E-state index < -0.39 is 25.9 Å². The van der Waals surface area contributed by atoms with E-state index in [2.05, 4.69) is 5.32 Å². The molecule has 1 fully saturated rings. The number of nitrogens with zero attached hydrogens (tertiary/aromatic N) is 1. The normalized spacial score (nSPS) is 23.0. The van der Waals surface area contributed by atoms with Crippen LogP contribution in [0.5, 0.6) is 0 Å². The van der Waals surface area contributed by atoms with Gasteiger partial charge < -0.3 is 5.32 Å². The van der Waals surface area contributed by atoms with Crippen LogP contribution in [0.15, 0.2) is 23.1 Å². The van der Waals surface area contributed by atoms with Gasteiger partial charge in [-0.05, 0) is 30.2 Å². The minimum atomic E-state index is -3.79. The molecular formula is C14H18N2O5S2. The fourth-order valence-corrected chi connectivity index (χ4v) is 6.67. The molecule has 1 aromatic carbocycles. The largest absolute Gasteiger partial charge is 0.326 e. The highest BCUT2D eigenvalue weighted by Gasteiger charge is 2.38. The minimum absolute atomic E-state index is 0.0201. The van der Waals surface area contributed by atoms with Crippen LogP contribution < -0.4 is 5.32 Å². The second-order valence-corrected chi connectivity index (χ2v) is 9.93. The van der Waals surface area contributed by atoms with Crippen LogP contribution in [0.25, 0.3) is 0 Å². The van der Waals surface area contributed by atoms with Crippen LogP contribution in [0, 0.1) is 0 Å². The molecule has 1 unspecified atom stereocenters. The lowest BCUT2D eigenvalue weighted by atomic mass is 10.2. The van der Waals surface area contributed by atoms with Gasteiger partial charge in [0.1, 0.15) is 0 Å². The zero-order valence-corrected chi connectivity index (χ0v) is 14.3. The lowest BCUT2D eigenvalue weighted by molar-refractivity contribution is -0.115. The van der Waals surface area contributed by atoms with Crippen LogP contribution in [-0.4, -0.2) is 51.1 Å². The predicted octanol–water partition coefficient (Wildman–Crippen LogP) is 0.379. The number of nitrogens with one attached hydrogen (secondary N) is 1. The van der Waals surface area contributed by atoms with E-state index in [1.54, 1.807) is 13.0 Å². The molecule has 0 bridgehead atoms. The van der Waals surface area contributed by atoms with Crippen LogP contribution >= 0.6 is 0 Å². The maximum absolute atomic E-state index is 12.9. The van der Waals surface area contributed by atoms with E-state index in [0.29, 0.717) is 17.7 Å². The van der Waals surface area contributed by atoms with Crippen molar-refractivity contribution in [3.8, 4) is 0 Å². The number of rotatable bonds is 4. The predicted molar refractivity (Wildman–Crippen MR) is 85.4 cm³/mol. The first-order chi connectivity index (χ1) is 10.7. The van der Waals surface area contributed by atoms with E-state index in [1.165, 1.54) is 16.4 Å². The Labute approximate surface area is 135 Å². The van der Waals surface area contributed by atoms with Crippen molar-refractivity contribution in [1.82, 2.24) is 4.31 Å². The molecule has 0 radical (unpaired) electrons. The van der Waals surface area contributed by atoms with Crippen molar-refractivity contribution in [2.45, 2.75) is 30.7 Å². The molecule has 9 heteroatoms. The number of benzene rings is 1. The number of hydrogen-bond donors (Lipinski definition) is 1. The summed E-state index contributed by atoms with van der Waals surface area (Å²) in [4.78, 5) is 11.5. The quantitative estimate of drug-likeness (QED) is 0.838. The first-order valence-electron chi connectivity index (χ1n) is 7.38. The molecule has 0 spiro atoms. The van der Waals surface area contributed by atoms with Crippen molar-refractivity contribution >= 4 is 31.5 Å². The highest BCUT2D eigenvalue weighted by molar-refractivity contribution is 7.92. The summed E-state index contributed by atoms with van der Waals surface area (Å²) in [7, 11) is -6.96. The summed E-state index contributed by atoms with van der Waals surface area (Å²) < 4.78 is 50.3. The molecule has 3 rings (SSSR count). The number of hydrogen-bond acceptors (Lipinski definition) is 5. The van der Waals surface area contributed by atoms with Crippen molar-refractivity contribution in [3.05, 3.63) is 23.8 Å². The maximum atomic E-state index is 12.9. The summed E-state index contributed by atoms with van der Waals surface area (Å²) in [6, 6.07) is 4.00. The maximum Gasteiger partial charge on any atom is 0.243 e. The van der Waals surface area contributed by atoms with E-state index in [4.69, 9.17) is 0 Å².